The summed E-state index contributed by atoms with van der Waals surface area (Å²) in [5, 5.41) is 14.2. The molecule has 2 aromatic heterocycles. The van der Waals surface area contributed by atoms with E-state index in [1.165, 1.54) is 12.3 Å². The zero-order valence-electron chi connectivity index (χ0n) is 11.3. The van der Waals surface area contributed by atoms with Crippen LogP contribution >= 0.6 is 0 Å². The van der Waals surface area contributed by atoms with Gasteiger partial charge < -0.3 is 21.2 Å². The van der Waals surface area contributed by atoms with Crippen molar-refractivity contribution in [3.63, 3.8) is 0 Å². The van der Waals surface area contributed by atoms with Gasteiger partial charge in [0, 0.05) is 37.1 Å². The van der Waals surface area contributed by atoms with Crippen molar-refractivity contribution >= 4 is 11.7 Å². The molecule has 0 bridgehead atoms. The van der Waals surface area contributed by atoms with Crippen LogP contribution < -0.4 is 11.1 Å². The van der Waals surface area contributed by atoms with Gasteiger partial charge in [-0.3, -0.25) is 9.78 Å². The summed E-state index contributed by atoms with van der Waals surface area (Å²) < 4.78 is 0. The molecule has 0 radical (unpaired) electrons. The standard InChI is InChI=1S/C13H16N6O2/c14-12(19-21)9-3-4-10(18-8-9)13(20)17-5-1-2-11-15-6-7-16-11/h3-4,6-8,21H,1-2,5H2,(H2,14,19)(H,15,16)(H,17,20). The van der Waals surface area contributed by atoms with Gasteiger partial charge in [-0.25, -0.2) is 4.98 Å². The molecule has 0 fully saturated rings. The number of hydrogen-bond donors (Lipinski definition) is 4. The fourth-order valence-corrected chi connectivity index (χ4v) is 1.72. The second-order valence-electron chi connectivity index (χ2n) is 4.31. The molecule has 0 saturated carbocycles. The van der Waals surface area contributed by atoms with Gasteiger partial charge in [-0.15, -0.1) is 0 Å². The third-order valence-corrected chi connectivity index (χ3v) is 2.83. The van der Waals surface area contributed by atoms with E-state index in [2.05, 4.69) is 25.4 Å². The Kier molecular flexibility index (Phi) is 4.86. The number of hydrogen-bond acceptors (Lipinski definition) is 5. The molecule has 0 spiro atoms. The van der Waals surface area contributed by atoms with Crippen LogP contribution in [-0.4, -0.2) is 38.4 Å². The number of aromatic amines is 1. The normalized spacial score (nSPS) is 11.3. The molecule has 8 nitrogen and oxygen atoms in total. The Morgan fingerprint density at radius 1 is 1.43 bits per heavy atom. The molecule has 2 aromatic rings. The van der Waals surface area contributed by atoms with Gasteiger partial charge in [-0.05, 0) is 18.6 Å². The molecular formula is C13H16N6O2. The van der Waals surface area contributed by atoms with E-state index < -0.39 is 0 Å². The predicted molar refractivity (Wildman–Crippen MR) is 76.0 cm³/mol. The van der Waals surface area contributed by atoms with Crippen molar-refractivity contribution in [2.45, 2.75) is 12.8 Å². The Hall–Kier alpha value is -2.90. The minimum atomic E-state index is -0.263. The molecule has 0 aliphatic heterocycles. The lowest BCUT2D eigenvalue weighted by atomic mass is 10.2. The van der Waals surface area contributed by atoms with E-state index in [4.69, 9.17) is 10.9 Å². The monoisotopic (exact) mass is 288 g/mol. The van der Waals surface area contributed by atoms with Crippen molar-refractivity contribution in [3.05, 3.63) is 47.8 Å². The summed E-state index contributed by atoms with van der Waals surface area (Å²) in [6.45, 7) is 0.531. The Morgan fingerprint density at radius 2 is 2.29 bits per heavy atom. The number of carbonyl (C=O) groups is 1. The number of carbonyl (C=O) groups excluding carboxylic acids is 1. The summed E-state index contributed by atoms with van der Waals surface area (Å²) in [5.74, 6) is 0.582. The van der Waals surface area contributed by atoms with Crippen LogP contribution in [-0.2, 0) is 6.42 Å². The average Bonchev–Trinajstić information content (AvgIpc) is 3.04. The molecular weight excluding hydrogens is 272 g/mol. The molecule has 2 rings (SSSR count). The van der Waals surface area contributed by atoms with Crippen LogP contribution in [0.1, 0.15) is 28.3 Å². The Morgan fingerprint density at radius 3 is 2.90 bits per heavy atom. The van der Waals surface area contributed by atoms with Crippen LogP contribution in [0.15, 0.2) is 35.9 Å². The molecule has 0 unspecified atom stereocenters. The first-order chi connectivity index (χ1) is 10.2. The maximum atomic E-state index is 11.8. The maximum Gasteiger partial charge on any atom is 0.269 e. The number of imidazole rings is 1. The lowest BCUT2D eigenvalue weighted by molar-refractivity contribution is 0.0948. The van der Waals surface area contributed by atoms with E-state index in [1.807, 2.05) is 0 Å². The Balaban J connectivity index is 1.80. The molecule has 8 heteroatoms. The highest BCUT2D eigenvalue weighted by molar-refractivity contribution is 5.98. The van der Waals surface area contributed by atoms with Crippen LogP contribution in [0.25, 0.3) is 0 Å². The highest BCUT2D eigenvalue weighted by atomic mass is 16.4. The van der Waals surface area contributed by atoms with Crippen molar-refractivity contribution in [2.24, 2.45) is 10.9 Å². The van der Waals surface area contributed by atoms with Gasteiger partial charge in [0.05, 0.1) is 0 Å². The molecule has 21 heavy (non-hydrogen) atoms. The Labute approximate surface area is 121 Å². The van der Waals surface area contributed by atoms with Gasteiger partial charge in [0.2, 0.25) is 0 Å². The summed E-state index contributed by atoms with van der Waals surface area (Å²) in [6, 6.07) is 3.09. The number of amidine groups is 1. The highest BCUT2D eigenvalue weighted by Crippen LogP contribution is 2.00. The van der Waals surface area contributed by atoms with Crippen LogP contribution in [0, 0.1) is 0 Å². The van der Waals surface area contributed by atoms with Crippen molar-refractivity contribution in [1.82, 2.24) is 20.3 Å². The number of rotatable bonds is 6. The maximum absolute atomic E-state index is 11.8. The number of aromatic nitrogens is 3. The smallest absolute Gasteiger partial charge is 0.269 e. The average molecular weight is 288 g/mol. The molecule has 0 aromatic carbocycles. The van der Waals surface area contributed by atoms with Crippen LogP contribution in [0.3, 0.4) is 0 Å². The van der Waals surface area contributed by atoms with E-state index >= 15 is 0 Å². The van der Waals surface area contributed by atoms with Crippen molar-refractivity contribution in [1.29, 1.82) is 0 Å². The molecule has 0 aliphatic rings. The van der Waals surface area contributed by atoms with Crippen molar-refractivity contribution < 1.29 is 10.0 Å². The molecule has 0 saturated heterocycles. The second-order valence-corrected chi connectivity index (χ2v) is 4.31. The molecule has 0 atom stereocenters. The van der Waals surface area contributed by atoms with E-state index in [0.29, 0.717) is 12.1 Å². The van der Waals surface area contributed by atoms with Crippen LogP contribution in [0.5, 0.6) is 0 Å². The number of aryl methyl sites for hydroxylation is 1. The van der Waals surface area contributed by atoms with Gasteiger partial charge in [0.15, 0.2) is 5.84 Å². The fraction of sp³-hybridized carbons (Fsp3) is 0.231. The Bertz CT molecular complexity index is 606. The van der Waals surface area contributed by atoms with Crippen molar-refractivity contribution in [3.8, 4) is 0 Å². The molecule has 110 valence electrons. The quantitative estimate of drug-likeness (QED) is 0.199. The van der Waals surface area contributed by atoms with Gasteiger partial charge in [0.25, 0.3) is 5.91 Å². The summed E-state index contributed by atoms with van der Waals surface area (Å²) in [7, 11) is 0. The minimum Gasteiger partial charge on any atom is -0.409 e. The number of pyridine rings is 1. The summed E-state index contributed by atoms with van der Waals surface area (Å²) in [6.07, 6.45) is 6.39. The number of nitrogens with two attached hydrogens (primary N) is 1. The topological polar surface area (TPSA) is 129 Å². The molecule has 2 heterocycles. The first-order valence-corrected chi connectivity index (χ1v) is 6.41. The lowest BCUT2D eigenvalue weighted by Gasteiger charge is -2.04. The van der Waals surface area contributed by atoms with Crippen LogP contribution in [0.2, 0.25) is 0 Å². The zero-order chi connectivity index (χ0) is 15.1. The summed E-state index contributed by atoms with van der Waals surface area (Å²) in [5.41, 5.74) is 6.15. The van der Waals surface area contributed by atoms with E-state index in [9.17, 15) is 4.79 Å². The molecule has 1 amide bonds. The second kappa shape index (κ2) is 7.04. The van der Waals surface area contributed by atoms with E-state index in [1.54, 1.807) is 18.5 Å². The predicted octanol–water partition coefficient (Wildman–Crippen LogP) is 0.262. The number of H-pyrrole nitrogens is 1. The fourth-order valence-electron chi connectivity index (χ4n) is 1.72. The van der Waals surface area contributed by atoms with Gasteiger partial charge >= 0.3 is 0 Å². The van der Waals surface area contributed by atoms with E-state index in [-0.39, 0.29) is 17.4 Å². The number of oxime groups is 1. The third-order valence-electron chi connectivity index (χ3n) is 2.83. The summed E-state index contributed by atoms with van der Waals surface area (Å²) in [4.78, 5) is 22.9. The number of nitrogens with zero attached hydrogens (tertiary/aromatic N) is 3. The highest BCUT2D eigenvalue weighted by Gasteiger charge is 2.07. The van der Waals surface area contributed by atoms with Gasteiger partial charge in [-0.2, -0.15) is 0 Å². The van der Waals surface area contributed by atoms with Gasteiger partial charge in [0.1, 0.15) is 11.5 Å². The molecule has 5 N–H and O–H groups in total. The van der Waals surface area contributed by atoms with Gasteiger partial charge in [-0.1, -0.05) is 5.16 Å². The molecule has 0 aliphatic carbocycles. The third kappa shape index (κ3) is 4.03. The SMILES string of the molecule is N/C(=N/O)c1ccc(C(=O)NCCCc2ncc[nH]2)nc1. The lowest BCUT2D eigenvalue weighted by Crippen LogP contribution is -2.26. The van der Waals surface area contributed by atoms with Crippen LogP contribution in [0.4, 0.5) is 0 Å². The number of amides is 1. The van der Waals surface area contributed by atoms with Crippen molar-refractivity contribution in [2.75, 3.05) is 6.54 Å². The largest absolute Gasteiger partial charge is 0.409 e. The summed E-state index contributed by atoms with van der Waals surface area (Å²) >= 11 is 0. The van der Waals surface area contributed by atoms with E-state index in [0.717, 1.165) is 18.7 Å². The zero-order valence-corrected chi connectivity index (χ0v) is 11.3. The first-order valence-electron chi connectivity index (χ1n) is 6.41. The minimum absolute atomic E-state index is 0.0482. The first kappa shape index (κ1) is 14.5. The number of nitrogens with one attached hydrogen (secondary N) is 2.